The lowest BCUT2D eigenvalue weighted by Crippen LogP contribution is -2.60. The van der Waals surface area contributed by atoms with Crippen molar-refractivity contribution in [1.82, 2.24) is 20.9 Å². The number of nitrogens with zero attached hydrogens (tertiary/aromatic N) is 1. The predicted octanol–water partition coefficient (Wildman–Crippen LogP) is 2.46. The maximum absolute atomic E-state index is 13.7. The normalized spacial score (nSPS) is 17.7. The number of thioether (sulfide) groups is 1. The van der Waals surface area contributed by atoms with Gasteiger partial charge in [0.1, 0.15) is 12.1 Å². The van der Waals surface area contributed by atoms with Gasteiger partial charge in [0.2, 0.25) is 17.6 Å². The van der Waals surface area contributed by atoms with Crippen LogP contribution >= 0.6 is 11.8 Å². The lowest BCUT2D eigenvalue weighted by atomic mass is 9.85. The van der Waals surface area contributed by atoms with Crippen molar-refractivity contribution in [2.75, 3.05) is 12.3 Å². The Hall–Kier alpha value is -3.08. The van der Waals surface area contributed by atoms with Crippen molar-refractivity contribution in [3.8, 4) is 0 Å². The molecule has 0 saturated carbocycles. The smallest absolute Gasteiger partial charge is 0.315 e. The van der Waals surface area contributed by atoms with E-state index >= 15 is 0 Å². The number of ketones is 1. The quantitative estimate of drug-likeness (QED) is 0.227. The van der Waals surface area contributed by atoms with E-state index in [0.29, 0.717) is 25.1 Å². The van der Waals surface area contributed by atoms with E-state index in [1.807, 2.05) is 71.9 Å². The van der Waals surface area contributed by atoms with E-state index in [1.54, 1.807) is 11.8 Å². The van der Waals surface area contributed by atoms with Gasteiger partial charge < -0.3 is 26.6 Å². The second-order valence-corrected chi connectivity index (χ2v) is 12.6. The van der Waals surface area contributed by atoms with E-state index in [0.717, 1.165) is 4.90 Å². The Morgan fingerprint density at radius 2 is 1.67 bits per heavy atom. The van der Waals surface area contributed by atoms with Crippen LogP contribution in [0, 0.1) is 11.3 Å². The first-order valence-corrected chi connectivity index (χ1v) is 14.4. The molecule has 2 rings (SSSR count). The Kier molecular flexibility index (Phi) is 11.8. The molecule has 11 heteroatoms. The van der Waals surface area contributed by atoms with E-state index < -0.39 is 47.2 Å². The fraction of sp³-hybridized carbons (Fsp3) is 0.607. The van der Waals surface area contributed by atoms with Crippen molar-refractivity contribution in [1.29, 1.82) is 0 Å². The van der Waals surface area contributed by atoms with E-state index in [1.165, 1.54) is 4.90 Å². The molecule has 39 heavy (non-hydrogen) atoms. The number of amides is 5. The van der Waals surface area contributed by atoms with Crippen LogP contribution in [0.2, 0.25) is 0 Å². The van der Waals surface area contributed by atoms with Gasteiger partial charge in [-0.3, -0.25) is 19.2 Å². The number of rotatable bonds is 12. The molecule has 0 bridgehead atoms. The van der Waals surface area contributed by atoms with Gasteiger partial charge in [0.25, 0.3) is 5.91 Å². The zero-order valence-electron chi connectivity index (χ0n) is 23.8. The van der Waals surface area contributed by atoms with E-state index in [4.69, 9.17) is 5.73 Å². The fourth-order valence-corrected chi connectivity index (χ4v) is 5.31. The summed E-state index contributed by atoms with van der Waals surface area (Å²) in [6, 6.07) is 6.49. The molecule has 216 valence electrons. The maximum Gasteiger partial charge on any atom is 0.315 e. The van der Waals surface area contributed by atoms with Gasteiger partial charge in [-0.15, -0.1) is 11.8 Å². The summed E-state index contributed by atoms with van der Waals surface area (Å²) in [5, 5.41) is 8.37. The summed E-state index contributed by atoms with van der Waals surface area (Å²) < 4.78 is 0. The molecule has 0 aliphatic carbocycles. The van der Waals surface area contributed by atoms with Gasteiger partial charge in [-0.25, -0.2) is 4.79 Å². The molecular weight excluding hydrogens is 518 g/mol. The van der Waals surface area contributed by atoms with Crippen LogP contribution in [0.15, 0.2) is 35.2 Å². The number of likely N-dealkylation sites (tertiary alicyclic amines) is 1. The number of urea groups is 1. The molecule has 4 atom stereocenters. The third-order valence-corrected chi connectivity index (χ3v) is 7.70. The van der Waals surface area contributed by atoms with Crippen LogP contribution in [0.25, 0.3) is 0 Å². The highest BCUT2D eigenvalue weighted by atomic mass is 32.2. The number of benzene rings is 1. The van der Waals surface area contributed by atoms with Crippen molar-refractivity contribution in [2.24, 2.45) is 17.1 Å². The zero-order chi connectivity index (χ0) is 29.3. The molecular formula is C28H43N5O5S. The number of carbonyl (C=O) groups is 5. The van der Waals surface area contributed by atoms with Crippen LogP contribution in [0.4, 0.5) is 4.79 Å². The first kappa shape index (κ1) is 32.1. The number of hydrogen-bond acceptors (Lipinski definition) is 6. The van der Waals surface area contributed by atoms with Gasteiger partial charge in [0.15, 0.2) is 0 Å². The number of nitrogens with two attached hydrogens (primary N) is 1. The number of nitrogens with one attached hydrogen (secondary N) is 3. The van der Waals surface area contributed by atoms with Crippen molar-refractivity contribution in [3.05, 3.63) is 30.3 Å². The Labute approximate surface area is 235 Å². The van der Waals surface area contributed by atoms with Crippen LogP contribution in [0.5, 0.6) is 0 Å². The highest BCUT2D eigenvalue weighted by Crippen LogP contribution is 2.26. The molecule has 5 N–H and O–H groups in total. The highest BCUT2D eigenvalue weighted by molar-refractivity contribution is 7.99. The van der Waals surface area contributed by atoms with Gasteiger partial charge in [0.05, 0.1) is 6.04 Å². The molecule has 0 spiro atoms. The second kappa shape index (κ2) is 14.3. The van der Waals surface area contributed by atoms with Crippen molar-refractivity contribution in [3.63, 3.8) is 0 Å². The number of hydrogen-bond donors (Lipinski definition) is 4. The average Bonchev–Trinajstić information content (AvgIpc) is 3.34. The molecule has 1 aromatic rings. The second-order valence-electron chi connectivity index (χ2n) is 11.6. The third kappa shape index (κ3) is 9.87. The van der Waals surface area contributed by atoms with Crippen LogP contribution < -0.4 is 21.7 Å². The Balaban J connectivity index is 2.07. The zero-order valence-corrected chi connectivity index (χ0v) is 24.6. The Morgan fingerprint density at radius 3 is 2.23 bits per heavy atom. The van der Waals surface area contributed by atoms with Gasteiger partial charge >= 0.3 is 6.03 Å². The predicted molar refractivity (Wildman–Crippen MR) is 152 cm³/mol. The first-order chi connectivity index (χ1) is 18.2. The molecule has 3 unspecified atom stereocenters. The summed E-state index contributed by atoms with van der Waals surface area (Å²) in [6.07, 6.45) is 1.26. The summed E-state index contributed by atoms with van der Waals surface area (Å²) in [7, 11) is 0. The summed E-state index contributed by atoms with van der Waals surface area (Å²) in [5.74, 6) is -2.17. The van der Waals surface area contributed by atoms with E-state index in [-0.39, 0.29) is 24.3 Å². The molecule has 1 aliphatic heterocycles. The van der Waals surface area contributed by atoms with Crippen molar-refractivity contribution >= 4 is 41.3 Å². The number of carbonyl (C=O) groups excluding carboxylic acids is 5. The minimum absolute atomic E-state index is 0.0291. The van der Waals surface area contributed by atoms with Crippen LogP contribution in [-0.4, -0.2) is 70.9 Å². The van der Waals surface area contributed by atoms with Crippen molar-refractivity contribution < 1.29 is 24.0 Å². The molecule has 1 saturated heterocycles. The average molecular weight is 562 g/mol. The highest BCUT2D eigenvalue weighted by Gasteiger charge is 2.42. The topological polar surface area (TPSA) is 151 Å². The van der Waals surface area contributed by atoms with Crippen LogP contribution in [0.1, 0.15) is 60.8 Å². The van der Waals surface area contributed by atoms with Gasteiger partial charge in [-0.2, -0.15) is 0 Å². The molecule has 10 nitrogen and oxygen atoms in total. The van der Waals surface area contributed by atoms with Gasteiger partial charge in [-0.05, 0) is 49.7 Å². The summed E-state index contributed by atoms with van der Waals surface area (Å²) in [5.41, 5.74) is 4.55. The monoisotopic (exact) mass is 561 g/mol. The van der Waals surface area contributed by atoms with E-state index in [9.17, 15) is 24.0 Å². The standard InChI is InChI=1S/C28H43N5O5S/c1-17(2)15-20(22(34)24(29)35)31-25(36)21-13-10-14-33(21)26(37)23(28(4,5)6)32-27(38)30-18(3)16-39-19-11-8-7-9-12-19/h7-9,11-12,17-18,20-21,23H,10,13-16H2,1-6H3,(H2,29,35)(H,31,36)(H2,30,32,38)/t18?,20?,21-,23?/m0/s1. The SMILES string of the molecule is CC(C)CC(NC(=O)[C@@H]1CCCN1C(=O)C(NC(=O)NC(C)CSc1ccccc1)C(C)(C)C)C(=O)C(N)=O. The maximum atomic E-state index is 13.7. The fourth-order valence-electron chi connectivity index (χ4n) is 4.44. The minimum atomic E-state index is -1.11. The van der Waals surface area contributed by atoms with Crippen LogP contribution in [0.3, 0.4) is 0 Å². The Bertz CT molecular complexity index is 1030. The molecule has 1 heterocycles. The van der Waals surface area contributed by atoms with E-state index in [2.05, 4.69) is 16.0 Å². The molecule has 1 aliphatic rings. The van der Waals surface area contributed by atoms with Gasteiger partial charge in [-0.1, -0.05) is 52.8 Å². The lowest BCUT2D eigenvalue weighted by molar-refractivity contribution is -0.143. The summed E-state index contributed by atoms with van der Waals surface area (Å²) >= 11 is 1.62. The summed E-state index contributed by atoms with van der Waals surface area (Å²) in [4.78, 5) is 66.1. The molecule has 0 radical (unpaired) electrons. The summed E-state index contributed by atoms with van der Waals surface area (Å²) in [6.45, 7) is 11.5. The largest absolute Gasteiger partial charge is 0.363 e. The third-order valence-electron chi connectivity index (χ3n) is 6.43. The number of Topliss-reactive ketones (excluding diaryl/α,β-unsaturated/α-hetero) is 1. The Morgan fingerprint density at radius 1 is 1.03 bits per heavy atom. The van der Waals surface area contributed by atoms with Crippen molar-refractivity contribution in [2.45, 2.75) is 89.9 Å². The minimum Gasteiger partial charge on any atom is -0.363 e. The lowest BCUT2D eigenvalue weighted by Gasteiger charge is -2.36. The number of primary amides is 1. The molecule has 1 fully saturated rings. The molecule has 1 aromatic carbocycles. The molecule has 5 amide bonds. The molecule has 0 aromatic heterocycles. The van der Waals surface area contributed by atoms with Crippen LogP contribution in [-0.2, 0) is 19.2 Å². The van der Waals surface area contributed by atoms with Gasteiger partial charge in [0, 0.05) is 23.2 Å². The first-order valence-electron chi connectivity index (χ1n) is 13.4.